The lowest BCUT2D eigenvalue weighted by Gasteiger charge is -2.37. The van der Waals surface area contributed by atoms with E-state index in [1.807, 2.05) is 0 Å². The summed E-state index contributed by atoms with van der Waals surface area (Å²) in [6.07, 6.45) is 3.39. The zero-order valence-electron chi connectivity index (χ0n) is 17.1. The van der Waals surface area contributed by atoms with E-state index in [0.717, 1.165) is 12.8 Å². The SMILES string of the molecule is CC(=O)N1CCCCC1C(=O)N1CC(=O)C2C1CCN2C(=O)CCC(C)C(N)=O. The number of amides is 4. The summed E-state index contributed by atoms with van der Waals surface area (Å²) in [4.78, 5) is 66.4. The number of fused-ring (bicyclic) bond motifs is 1. The number of Topliss-reactive ketones (excluding diaryl/α,β-unsaturated/α-hetero) is 1. The molecule has 3 fully saturated rings. The minimum absolute atomic E-state index is 0.0160. The van der Waals surface area contributed by atoms with Crippen LogP contribution >= 0.6 is 0 Å². The van der Waals surface area contributed by atoms with E-state index in [1.54, 1.807) is 21.6 Å². The second kappa shape index (κ2) is 8.51. The molecule has 4 amide bonds. The molecule has 0 saturated carbocycles. The third-order valence-electron chi connectivity index (χ3n) is 6.50. The summed E-state index contributed by atoms with van der Waals surface area (Å²) in [6, 6.07) is -1.47. The highest BCUT2D eigenvalue weighted by atomic mass is 16.2. The molecular formula is C20H30N4O5. The number of hydrogen-bond acceptors (Lipinski definition) is 5. The van der Waals surface area contributed by atoms with Gasteiger partial charge >= 0.3 is 0 Å². The molecule has 3 aliphatic heterocycles. The van der Waals surface area contributed by atoms with Gasteiger partial charge in [-0.15, -0.1) is 0 Å². The molecule has 3 saturated heterocycles. The molecule has 4 atom stereocenters. The molecular weight excluding hydrogens is 376 g/mol. The summed E-state index contributed by atoms with van der Waals surface area (Å²) in [5.41, 5.74) is 5.25. The Hall–Kier alpha value is -2.45. The van der Waals surface area contributed by atoms with Gasteiger partial charge in [0.25, 0.3) is 0 Å². The molecule has 29 heavy (non-hydrogen) atoms. The summed E-state index contributed by atoms with van der Waals surface area (Å²) in [5.74, 6) is -1.49. The van der Waals surface area contributed by atoms with E-state index in [-0.39, 0.29) is 42.5 Å². The van der Waals surface area contributed by atoms with E-state index >= 15 is 0 Å². The highest BCUT2D eigenvalue weighted by Crippen LogP contribution is 2.32. The monoisotopic (exact) mass is 406 g/mol. The van der Waals surface area contributed by atoms with Crippen molar-refractivity contribution in [2.24, 2.45) is 11.7 Å². The zero-order valence-corrected chi connectivity index (χ0v) is 17.1. The first-order valence-electron chi connectivity index (χ1n) is 10.4. The topological polar surface area (TPSA) is 121 Å². The number of carbonyl (C=O) groups is 5. The maximum atomic E-state index is 13.2. The lowest BCUT2D eigenvalue weighted by molar-refractivity contribution is -0.147. The van der Waals surface area contributed by atoms with Gasteiger partial charge in [-0.05, 0) is 32.1 Å². The molecule has 4 unspecified atom stereocenters. The Morgan fingerprint density at radius 1 is 1.07 bits per heavy atom. The number of primary amides is 1. The van der Waals surface area contributed by atoms with Gasteiger partial charge in [0.15, 0.2) is 5.78 Å². The standard InChI is InChI=1S/C20H30N4O5/c1-12(19(21)28)6-7-17(27)23-10-8-14-18(23)16(26)11-24(14)20(29)15-5-3-4-9-22(15)13(2)25/h12,14-15,18H,3-11H2,1-2H3,(H2,21,28). The molecule has 3 rings (SSSR count). The molecule has 160 valence electrons. The summed E-state index contributed by atoms with van der Waals surface area (Å²) in [5, 5.41) is 0. The molecule has 0 aromatic heterocycles. The maximum absolute atomic E-state index is 13.2. The van der Waals surface area contributed by atoms with Crippen LogP contribution in [-0.2, 0) is 24.0 Å². The van der Waals surface area contributed by atoms with Crippen LogP contribution in [0.25, 0.3) is 0 Å². The van der Waals surface area contributed by atoms with Crippen LogP contribution in [-0.4, -0.2) is 81.9 Å². The molecule has 2 N–H and O–H groups in total. The van der Waals surface area contributed by atoms with Crippen molar-refractivity contribution < 1.29 is 24.0 Å². The first-order valence-corrected chi connectivity index (χ1v) is 10.4. The number of ketones is 1. The van der Waals surface area contributed by atoms with E-state index < -0.39 is 23.9 Å². The highest BCUT2D eigenvalue weighted by molar-refractivity contribution is 5.99. The van der Waals surface area contributed by atoms with Crippen molar-refractivity contribution in [3.8, 4) is 0 Å². The summed E-state index contributed by atoms with van der Waals surface area (Å²) in [7, 11) is 0. The molecule has 0 bridgehead atoms. The lowest BCUT2D eigenvalue weighted by atomic mass is 10.00. The van der Waals surface area contributed by atoms with E-state index in [9.17, 15) is 24.0 Å². The normalized spacial score (nSPS) is 27.7. The third-order valence-corrected chi connectivity index (χ3v) is 6.50. The summed E-state index contributed by atoms with van der Waals surface area (Å²) >= 11 is 0. The van der Waals surface area contributed by atoms with Gasteiger partial charge in [-0.25, -0.2) is 0 Å². The lowest BCUT2D eigenvalue weighted by Crippen LogP contribution is -2.54. The van der Waals surface area contributed by atoms with Crippen molar-refractivity contribution in [3.05, 3.63) is 0 Å². The maximum Gasteiger partial charge on any atom is 0.246 e. The second-order valence-corrected chi connectivity index (χ2v) is 8.39. The highest BCUT2D eigenvalue weighted by Gasteiger charge is 2.52. The number of likely N-dealkylation sites (tertiary alicyclic amines) is 3. The first kappa shape index (κ1) is 21.3. The van der Waals surface area contributed by atoms with Gasteiger partial charge in [0.05, 0.1) is 12.6 Å². The Morgan fingerprint density at radius 2 is 1.79 bits per heavy atom. The molecule has 3 heterocycles. The van der Waals surface area contributed by atoms with Crippen LogP contribution in [0.1, 0.15) is 52.4 Å². The minimum Gasteiger partial charge on any atom is -0.369 e. The minimum atomic E-state index is -0.621. The van der Waals surface area contributed by atoms with Gasteiger partial charge in [0, 0.05) is 32.4 Å². The molecule has 9 heteroatoms. The smallest absolute Gasteiger partial charge is 0.246 e. The van der Waals surface area contributed by atoms with Crippen LogP contribution in [0.3, 0.4) is 0 Å². The Labute approximate surface area is 170 Å². The summed E-state index contributed by atoms with van der Waals surface area (Å²) in [6.45, 7) is 4.10. The molecule has 0 spiro atoms. The average Bonchev–Trinajstić information content (AvgIpc) is 3.26. The molecule has 9 nitrogen and oxygen atoms in total. The fraction of sp³-hybridized carbons (Fsp3) is 0.750. The second-order valence-electron chi connectivity index (χ2n) is 8.39. The third kappa shape index (κ3) is 4.13. The predicted molar refractivity (Wildman–Crippen MR) is 103 cm³/mol. The first-order chi connectivity index (χ1) is 13.7. The van der Waals surface area contributed by atoms with Crippen molar-refractivity contribution >= 4 is 29.4 Å². The van der Waals surface area contributed by atoms with Gasteiger partial charge in [0.2, 0.25) is 23.6 Å². The van der Waals surface area contributed by atoms with E-state index in [1.165, 1.54) is 6.92 Å². The molecule has 0 radical (unpaired) electrons. The van der Waals surface area contributed by atoms with Crippen molar-refractivity contribution in [2.75, 3.05) is 19.6 Å². The van der Waals surface area contributed by atoms with Crippen LogP contribution < -0.4 is 5.73 Å². The van der Waals surface area contributed by atoms with E-state index in [2.05, 4.69) is 0 Å². The van der Waals surface area contributed by atoms with Crippen LogP contribution in [0.5, 0.6) is 0 Å². The fourth-order valence-corrected chi connectivity index (χ4v) is 4.77. The van der Waals surface area contributed by atoms with Gasteiger partial charge in [-0.2, -0.15) is 0 Å². The Bertz CT molecular complexity index is 724. The fourth-order valence-electron chi connectivity index (χ4n) is 4.77. The largest absolute Gasteiger partial charge is 0.369 e. The Morgan fingerprint density at radius 3 is 2.45 bits per heavy atom. The van der Waals surface area contributed by atoms with Crippen molar-refractivity contribution in [1.82, 2.24) is 14.7 Å². The van der Waals surface area contributed by atoms with Gasteiger partial charge in [-0.1, -0.05) is 6.92 Å². The van der Waals surface area contributed by atoms with Crippen molar-refractivity contribution in [1.29, 1.82) is 0 Å². The molecule has 0 aliphatic carbocycles. The number of hydrogen-bond donors (Lipinski definition) is 1. The van der Waals surface area contributed by atoms with Gasteiger partial charge in [0.1, 0.15) is 12.1 Å². The van der Waals surface area contributed by atoms with Crippen LogP contribution in [0.15, 0.2) is 0 Å². The van der Waals surface area contributed by atoms with E-state index in [4.69, 9.17) is 5.73 Å². The van der Waals surface area contributed by atoms with Crippen LogP contribution in [0.2, 0.25) is 0 Å². The van der Waals surface area contributed by atoms with Crippen LogP contribution in [0.4, 0.5) is 0 Å². The van der Waals surface area contributed by atoms with E-state index in [0.29, 0.717) is 32.4 Å². The number of nitrogens with zero attached hydrogens (tertiary/aromatic N) is 3. The van der Waals surface area contributed by atoms with Crippen LogP contribution in [0, 0.1) is 5.92 Å². The molecule has 0 aromatic carbocycles. The number of nitrogens with two attached hydrogens (primary N) is 1. The quantitative estimate of drug-likeness (QED) is 0.670. The number of rotatable bonds is 5. The Kier molecular flexibility index (Phi) is 6.24. The van der Waals surface area contributed by atoms with Crippen molar-refractivity contribution in [3.63, 3.8) is 0 Å². The average molecular weight is 406 g/mol. The van der Waals surface area contributed by atoms with Crippen molar-refractivity contribution in [2.45, 2.75) is 70.5 Å². The number of piperidine rings is 1. The molecule has 0 aromatic rings. The van der Waals surface area contributed by atoms with Gasteiger partial charge < -0.3 is 20.4 Å². The van der Waals surface area contributed by atoms with Gasteiger partial charge in [-0.3, -0.25) is 24.0 Å². The molecule has 3 aliphatic rings. The number of carbonyl (C=O) groups excluding carboxylic acids is 5. The predicted octanol–water partition coefficient (Wildman–Crippen LogP) is -0.330. The Balaban J connectivity index is 1.68. The zero-order chi connectivity index (χ0) is 21.3. The summed E-state index contributed by atoms with van der Waals surface area (Å²) < 4.78 is 0.